The highest BCUT2D eigenvalue weighted by molar-refractivity contribution is 5.77. The maximum absolute atomic E-state index is 11.3. The van der Waals surface area contributed by atoms with Gasteiger partial charge in [0.05, 0.1) is 6.61 Å². The summed E-state index contributed by atoms with van der Waals surface area (Å²) in [6.45, 7) is 1.12. The first kappa shape index (κ1) is 13.5. The van der Waals surface area contributed by atoms with Crippen LogP contribution in [0.15, 0.2) is 24.3 Å². The molecule has 0 aromatic heterocycles. The van der Waals surface area contributed by atoms with Crippen LogP contribution in [0.3, 0.4) is 0 Å². The Labute approximate surface area is 101 Å². The van der Waals surface area contributed by atoms with Crippen LogP contribution in [-0.2, 0) is 11.4 Å². The fraction of sp³-hybridized carbons (Fsp3) is 0.417. The number of aliphatic hydroxyl groups excluding tert-OH is 1. The van der Waals surface area contributed by atoms with Crippen molar-refractivity contribution in [3.63, 3.8) is 0 Å². The molecule has 0 radical (unpaired) electrons. The number of nitrogens with one attached hydrogen (secondary N) is 1. The average molecular weight is 238 g/mol. The van der Waals surface area contributed by atoms with Crippen molar-refractivity contribution in [2.24, 2.45) is 5.73 Å². The lowest BCUT2D eigenvalue weighted by molar-refractivity contribution is -0.123. The quantitative estimate of drug-likeness (QED) is 0.585. The van der Waals surface area contributed by atoms with Gasteiger partial charge in [-0.1, -0.05) is 12.1 Å². The molecule has 0 fully saturated rings. The summed E-state index contributed by atoms with van der Waals surface area (Å²) in [4.78, 5) is 11.3. The van der Waals surface area contributed by atoms with Crippen LogP contribution in [0, 0.1) is 0 Å². The lowest BCUT2D eigenvalue weighted by Gasteiger charge is -2.07. The Balaban J connectivity index is 2.27. The predicted octanol–water partition coefficient (Wildman–Crippen LogP) is 0.0227. The molecule has 0 bridgehead atoms. The van der Waals surface area contributed by atoms with Gasteiger partial charge in [-0.2, -0.15) is 0 Å². The first-order valence-corrected chi connectivity index (χ1v) is 5.55. The van der Waals surface area contributed by atoms with Crippen LogP contribution in [0.1, 0.15) is 12.0 Å². The van der Waals surface area contributed by atoms with Gasteiger partial charge in [-0.3, -0.25) is 4.79 Å². The van der Waals surface area contributed by atoms with Crippen molar-refractivity contribution < 1.29 is 14.6 Å². The zero-order chi connectivity index (χ0) is 12.5. The minimum atomic E-state index is -0.162. The molecule has 0 aliphatic carbocycles. The second-order valence-corrected chi connectivity index (χ2v) is 3.58. The number of amides is 1. The molecule has 0 aliphatic heterocycles. The summed E-state index contributed by atoms with van der Waals surface area (Å²) in [5, 5.41) is 11.5. The highest BCUT2D eigenvalue weighted by Crippen LogP contribution is 2.11. The zero-order valence-corrected chi connectivity index (χ0v) is 9.69. The molecule has 1 amide bonds. The molecule has 0 saturated carbocycles. The van der Waals surface area contributed by atoms with Crippen LogP contribution >= 0.6 is 0 Å². The molecule has 17 heavy (non-hydrogen) atoms. The van der Waals surface area contributed by atoms with Crippen molar-refractivity contribution in [2.45, 2.75) is 13.0 Å². The van der Waals surface area contributed by atoms with E-state index in [-0.39, 0.29) is 19.1 Å². The molecule has 0 heterocycles. The van der Waals surface area contributed by atoms with E-state index in [0.29, 0.717) is 18.8 Å². The molecular formula is C12H18N2O3. The van der Waals surface area contributed by atoms with Crippen molar-refractivity contribution in [1.82, 2.24) is 5.32 Å². The van der Waals surface area contributed by atoms with Crippen molar-refractivity contribution in [1.29, 1.82) is 0 Å². The highest BCUT2D eigenvalue weighted by Gasteiger charge is 2.01. The Morgan fingerprint density at radius 3 is 2.65 bits per heavy atom. The lowest BCUT2D eigenvalue weighted by atomic mass is 10.2. The summed E-state index contributed by atoms with van der Waals surface area (Å²) in [7, 11) is 0. The standard InChI is InChI=1S/C12H18N2O3/c13-6-1-7-14-12(16)9-17-11-4-2-10(8-15)3-5-11/h2-5,15H,1,6-9,13H2,(H,14,16). The Hall–Kier alpha value is -1.59. The summed E-state index contributed by atoms with van der Waals surface area (Å²) in [5.74, 6) is 0.445. The number of benzene rings is 1. The number of hydrogen-bond donors (Lipinski definition) is 3. The Kier molecular flexibility index (Phi) is 6.06. The largest absolute Gasteiger partial charge is 0.484 e. The van der Waals surface area contributed by atoms with Gasteiger partial charge in [-0.25, -0.2) is 0 Å². The Bertz CT molecular complexity index is 338. The second-order valence-electron chi connectivity index (χ2n) is 3.58. The maximum atomic E-state index is 11.3. The van der Waals surface area contributed by atoms with Crippen LogP contribution in [0.2, 0.25) is 0 Å². The monoisotopic (exact) mass is 238 g/mol. The summed E-state index contributed by atoms with van der Waals surface area (Å²) in [6.07, 6.45) is 0.761. The molecule has 0 unspecified atom stereocenters. The van der Waals surface area contributed by atoms with E-state index in [1.807, 2.05) is 0 Å². The molecule has 5 heteroatoms. The van der Waals surface area contributed by atoms with Crippen molar-refractivity contribution in [3.05, 3.63) is 29.8 Å². The molecule has 1 aromatic rings. The molecule has 0 saturated heterocycles. The fourth-order valence-corrected chi connectivity index (χ4v) is 1.22. The van der Waals surface area contributed by atoms with Crippen molar-refractivity contribution in [2.75, 3.05) is 19.7 Å². The van der Waals surface area contributed by atoms with Gasteiger partial charge in [0, 0.05) is 6.54 Å². The predicted molar refractivity (Wildman–Crippen MR) is 64.5 cm³/mol. The molecule has 94 valence electrons. The zero-order valence-electron chi connectivity index (χ0n) is 9.69. The van der Waals surface area contributed by atoms with Gasteiger partial charge >= 0.3 is 0 Å². The van der Waals surface area contributed by atoms with Gasteiger partial charge in [0.15, 0.2) is 6.61 Å². The Morgan fingerprint density at radius 2 is 2.06 bits per heavy atom. The van der Waals surface area contributed by atoms with Crippen molar-refractivity contribution in [3.8, 4) is 5.75 Å². The molecule has 0 atom stereocenters. The number of carbonyl (C=O) groups is 1. The number of hydrogen-bond acceptors (Lipinski definition) is 4. The molecule has 1 rings (SSSR count). The smallest absolute Gasteiger partial charge is 0.257 e. The van der Waals surface area contributed by atoms with Crippen LogP contribution in [0.4, 0.5) is 0 Å². The van der Waals surface area contributed by atoms with Crippen LogP contribution in [-0.4, -0.2) is 30.7 Å². The molecule has 0 spiro atoms. The Morgan fingerprint density at radius 1 is 1.35 bits per heavy atom. The van der Waals surface area contributed by atoms with E-state index in [2.05, 4.69) is 5.32 Å². The molecule has 5 nitrogen and oxygen atoms in total. The lowest BCUT2D eigenvalue weighted by Crippen LogP contribution is -2.30. The number of aliphatic hydroxyl groups is 1. The first-order valence-electron chi connectivity index (χ1n) is 5.55. The summed E-state index contributed by atoms with van der Waals surface area (Å²) < 4.78 is 5.27. The van der Waals surface area contributed by atoms with Crippen LogP contribution in [0.25, 0.3) is 0 Å². The van der Waals surface area contributed by atoms with Gasteiger partial charge < -0.3 is 20.9 Å². The van der Waals surface area contributed by atoms with E-state index in [9.17, 15) is 4.79 Å². The van der Waals surface area contributed by atoms with Crippen LogP contribution in [0.5, 0.6) is 5.75 Å². The van der Waals surface area contributed by atoms with E-state index in [1.165, 1.54) is 0 Å². The van der Waals surface area contributed by atoms with Gasteiger partial charge in [0.25, 0.3) is 5.91 Å². The normalized spacial score (nSPS) is 10.0. The van der Waals surface area contributed by atoms with Crippen LogP contribution < -0.4 is 15.8 Å². The van der Waals surface area contributed by atoms with E-state index in [1.54, 1.807) is 24.3 Å². The second kappa shape index (κ2) is 7.65. The van der Waals surface area contributed by atoms with Gasteiger partial charge in [0.2, 0.25) is 0 Å². The summed E-state index contributed by atoms with van der Waals surface area (Å²) in [5.41, 5.74) is 6.11. The SMILES string of the molecule is NCCCNC(=O)COc1ccc(CO)cc1. The third-order valence-electron chi connectivity index (χ3n) is 2.18. The van der Waals surface area contributed by atoms with E-state index in [0.717, 1.165) is 12.0 Å². The molecule has 0 aliphatic rings. The van der Waals surface area contributed by atoms with Gasteiger partial charge in [-0.05, 0) is 30.7 Å². The number of nitrogens with two attached hydrogens (primary N) is 1. The molecule has 4 N–H and O–H groups in total. The highest BCUT2D eigenvalue weighted by atomic mass is 16.5. The molecule has 1 aromatic carbocycles. The molecular weight excluding hydrogens is 220 g/mol. The van der Waals surface area contributed by atoms with E-state index >= 15 is 0 Å². The van der Waals surface area contributed by atoms with Gasteiger partial charge in [0.1, 0.15) is 5.75 Å². The minimum absolute atomic E-state index is 0.000144. The average Bonchev–Trinajstić information content (AvgIpc) is 2.37. The van der Waals surface area contributed by atoms with E-state index in [4.69, 9.17) is 15.6 Å². The number of rotatable bonds is 7. The minimum Gasteiger partial charge on any atom is -0.484 e. The number of ether oxygens (including phenoxy) is 1. The number of carbonyl (C=O) groups excluding carboxylic acids is 1. The topological polar surface area (TPSA) is 84.6 Å². The van der Waals surface area contributed by atoms with Crippen molar-refractivity contribution >= 4 is 5.91 Å². The van der Waals surface area contributed by atoms with E-state index < -0.39 is 0 Å². The third kappa shape index (κ3) is 5.33. The van der Waals surface area contributed by atoms with Gasteiger partial charge in [-0.15, -0.1) is 0 Å². The first-order chi connectivity index (χ1) is 8.26. The third-order valence-corrected chi connectivity index (χ3v) is 2.18. The fourth-order valence-electron chi connectivity index (χ4n) is 1.22. The summed E-state index contributed by atoms with van der Waals surface area (Å²) in [6, 6.07) is 6.95. The maximum Gasteiger partial charge on any atom is 0.257 e. The summed E-state index contributed by atoms with van der Waals surface area (Å²) >= 11 is 0.